The van der Waals surface area contributed by atoms with Crippen LogP contribution in [0.4, 0.5) is 0 Å². The highest BCUT2D eigenvalue weighted by Crippen LogP contribution is 2.27. The third-order valence-corrected chi connectivity index (χ3v) is 4.13. The van der Waals surface area contributed by atoms with Crippen LogP contribution in [0, 0.1) is 0 Å². The number of hydrogen-bond donors (Lipinski definition) is 1. The van der Waals surface area contributed by atoms with Gasteiger partial charge in [-0.2, -0.15) is 0 Å². The van der Waals surface area contributed by atoms with Gasteiger partial charge in [-0.15, -0.1) is 11.3 Å². The number of piperidine rings is 1. The van der Waals surface area contributed by atoms with E-state index in [2.05, 4.69) is 17.3 Å². The van der Waals surface area contributed by atoms with Crippen molar-refractivity contribution in [3.8, 4) is 0 Å². The van der Waals surface area contributed by atoms with E-state index in [4.69, 9.17) is 10.7 Å². The Kier molecular flexibility index (Phi) is 4.32. The van der Waals surface area contributed by atoms with E-state index in [0.29, 0.717) is 5.92 Å². The van der Waals surface area contributed by atoms with E-state index >= 15 is 0 Å². The molecule has 1 unspecified atom stereocenters. The first kappa shape index (κ1) is 12.0. The topological polar surface area (TPSA) is 42.1 Å². The lowest BCUT2D eigenvalue weighted by Gasteiger charge is -2.28. The van der Waals surface area contributed by atoms with Gasteiger partial charge in [0.15, 0.2) is 0 Å². The molecule has 0 spiro atoms. The van der Waals surface area contributed by atoms with Crippen LogP contribution in [0.5, 0.6) is 0 Å². The van der Waals surface area contributed by atoms with Crippen LogP contribution in [0.25, 0.3) is 0 Å². The monoisotopic (exact) mass is 239 g/mol. The van der Waals surface area contributed by atoms with Crippen molar-refractivity contribution in [2.75, 3.05) is 26.7 Å². The summed E-state index contributed by atoms with van der Waals surface area (Å²) in [4.78, 5) is 7.15. The molecule has 0 saturated carbocycles. The van der Waals surface area contributed by atoms with Gasteiger partial charge < -0.3 is 10.6 Å². The minimum absolute atomic E-state index is 0.654. The molecule has 2 rings (SSSR count). The van der Waals surface area contributed by atoms with Gasteiger partial charge in [0.05, 0.1) is 10.7 Å². The van der Waals surface area contributed by atoms with Crippen molar-refractivity contribution >= 4 is 11.3 Å². The molecule has 90 valence electrons. The van der Waals surface area contributed by atoms with E-state index in [1.807, 2.05) is 0 Å². The molecular weight excluding hydrogens is 218 g/mol. The summed E-state index contributed by atoms with van der Waals surface area (Å²) < 4.78 is 0. The SMILES string of the molecule is CN1CCCC(c2csc(CCCN)n2)C1. The Hall–Kier alpha value is -0.450. The smallest absolute Gasteiger partial charge is 0.0928 e. The predicted molar refractivity (Wildman–Crippen MR) is 69.0 cm³/mol. The lowest BCUT2D eigenvalue weighted by molar-refractivity contribution is 0.249. The number of aryl methyl sites for hydroxylation is 1. The average Bonchev–Trinajstić information content (AvgIpc) is 2.75. The van der Waals surface area contributed by atoms with E-state index in [0.717, 1.165) is 19.4 Å². The molecule has 1 aliphatic heterocycles. The Morgan fingerprint density at radius 3 is 3.25 bits per heavy atom. The highest BCUT2D eigenvalue weighted by molar-refractivity contribution is 7.09. The molecule has 0 aliphatic carbocycles. The molecular formula is C12H21N3S. The van der Waals surface area contributed by atoms with Crippen LogP contribution in [-0.2, 0) is 6.42 Å². The second kappa shape index (κ2) is 5.75. The lowest BCUT2D eigenvalue weighted by atomic mass is 9.96. The molecule has 1 aliphatic rings. The molecule has 1 saturated heterocycles. The van der Waals surface area contributed by atoms with E-state index in [1.54, 1.807) is 11.3 Å². The fraction of sp³-hybridized carbons (Fsp3) is 0.750. The summed E-state index contributed by atoms with van der Waals surface area (Å²) in [6.45, 7) is 3.17. The van der Waals surface area contributed by atoms with E-state index < -0.39 is 0 Å². The maximum absolute atomic E-state index is 5.51. The minimum Gasteiger partial charge on any atom is -0.330 e. The number of rotatable bonds is 4. The average molecular weight is 239 g/mol. The highest BCUT2D eigenvalue weighted by atomic mass is 32.1. The molecule has 4 heteroatoms. The summed E-state index contributed by atoms with van der Waals surface area (Å²) >= 11 is 1.80. The number of aromatic nitrogens is 1. The van der Waals surface area contributed by atoms with E-state index in [1.165, 1.54) is 36.6 Å². The van der Waals surface area contributed by atoms with Gasteiger partial charge in [-0.05, 0) is 39.4 Å². The molecule has 0 bridgehead atoms. The van der Waals surface area contributed by atoms with E-state index in [9.17, 15) is 0 Å². The normalized spacial score (nSPS) is 22.5. The predicted octanol–water partition coefficient (Wildman–Crippen LogP) is 1.84. The summed E-state index contributed by atoms with van der Waals surface area (Å²) in [6, 6.07) is 0. The molecule has 16 heavy (non-hydrogen) atoms. The second-order valence-corrected chi connectivity index (χ2v) is 5.60. The van der Waals surface area contributed by atoms with Gasteiger partial charge in [0.1, 0.15) is 0 Å². The molecule has 1 atom stereocenters. The highest BCUT2D eigenvalue weighted by Gasteiger charge is 2.20. The first-order valence-corrected chi connectivity index (χ1v) is 7.00. The molecule has 0 amide bonds. The number of thiazole rings is 1. The molecule has 2 N–H and O–H groups in total. The van der Waals surface area contributed by atoms with Gasteiger partial charge in [-0.3, -0.25) is 0 Å². The van der Waals surface area contributed by atoms with Gasteiger partial charge in [0.2, 0.25) is 0 Å². The van der Waals surface area contributed by atoms with E-state index in [-0.39, 0.29) is 0 Å². The van der Waals surface area contributed by atoms with Crippen LogP contribution in [0.3, 0.4) is 0 Å². The Labute approximate surface area is 102 Å². The fourth-order valence-electron chi connectivity index (χ4n) is 2.29. The Bertz CT molecular complexity index is 324. The minimum atomic E-state index is 0.654. The number of hydrogen-bond acceptors (Lipinski definition) is 4. The Morgan fingerprint density at radius 2 is 2.50 bits per heavy atom. The van der Waals surface area contributed by atoms with Crippen LogP contribution in [0.15, 0.2) is 5.38 Å². The number of nitrogens with zero attached hydrogens (tertiary/aromatic N) is 2. The second-order valence-electron chi connectivity index (χ2n) is 4.66. The van der Waals surface area contributed by atoms with Crippen LogP contribution in [0.2, 0.25) is 0 Å². The summed E-state index contributed by atoms with van der Waals surface area (Å²) in [5, 5.41) is 3.50. The molecule has 0 aromatic carbocycles. The molecule has 1 aromatic heterocycles. The first-order valence-electron chi connectivity index (χ1n) is 6.12. The summed E-state index contributed by atoms with van der Waals surface area (Å²) in [5.74, 6) is 0.654. The van der Waals surface area contributed by atoms with Crippen molar-refractivity contribution in [2.24, 2.45) is 5.73 Å². The molecule has 1 aromatic rings. The Balaban J connectivity index is 1.95. The third kappa shape index (κ3) is 3.03. The van der Waals surface area contributed by atoms with Gasteiger partial charge in [-0.1, -0.05) is 0 Å². The van der Waals surface area contributed by atoms with Crippen molar-refractivity contribution in [1.29, 1.82) is 0 Å². The van der Waals surface area contributed by atoms with Crippen molar-refractivity contribution in [3.05, 3.63) is 16.1 Å². The van der Waals surface area contributed by atoms with Crippen LogP contribution >= 0.6 is 11.3 Å². The van der Waals surface area contributed by atoms with Crippen LogP contribution in [-0.4, -0.2) is 36.6 Å². The summed E-state index contributed by atoms with van der Waals surface area (Å²) in [7, 11) is 2.20. The summed E-state index contributed by atoms with van der Waals surface area (Å²) in [5.41, 5.74) is 6.82. The maximum Gasteiger partial charge on any atom is 0.0928 e. The van der Waals surface area contributed by atoms with Gasteiger partial charge >= 0.3 is 0 Å². The van der Waals surface area contributed by atoms with Crippen molar-refractivity contribution in [2.45, 2.75) is 31.6 Å². The standard InChI is InChI=1S/C12H21N3S/c1-15-7-3-4-10(8-15)11-9-16-12(14-11)5-2-6-13/h9-10H,2-8,13H2,1H3. The van der Waals surface area contributed by atoms with Crippen LogP contribution < -0.4 is 5.73 Å². The number of likely N-dealkylation sites (tertiary alicyclic amines) is 1. The third-order valence-electron chi connectivity index (χ3n) is 3.21. The van der Waals surface area contributed by atoms with Gasteiger partial charge in [0, 0.05) is 24.3 Å². The van der Waals surface area contributed by atoms with Crippen molar-refractivity contribution < 1.29 is 0 Å². The van der Waals surface area contributed by atoms with Crippen LogP contribution in [0.1, 0.15) is 35.9 Å². The molecule has 3 nitrogen and oxygen atoms in total. The largest absolute Gasteiger partial charge is 0.330 e. The van der Waals surface area contributed by atoms with Gasteiger partial charge in [0.25, 0.3) is 0 Å². The van der Waals surface area contributed by atoms with Crippen molar-refractivity contribution in [3.63, 3.8) is 0 Å². The van der Waals surface area contributed by atoms with Gasteiger partial charge in [-0.25, -0.2) is 4.98 Å². The zero-order valence-corrected chi connectivity index (χ0v) is 10.8. The number of nitrogens with two attached hydrogens (primary N) is 1. The Morgan fingerprint density at radius 1 is 1.62 bits per heavy atom. The fourth-order valence-corrected chi connectivity index (χ4v) is 3.21. The number of likely N-dealkylation sites (N-methyl/N-ethyl adjacent to an activating group) is 1. The molecule has 0 radical (unpaired) electrons. The zero-order chi connectivity index (χ0) is 11.4. The zero-order valence-electron chi connectivity index (χ0n) is 9.98. The maximum atomic E-state index is 5.51. The first-order chi connectivity index (χ1) is 7.79. The quantitative estimate of drug-likeness (QED) is 0.872. The van der Waals surface area contributed by atoms with Crippen molar-refractivity contribution in [1.82, 2.24) is 9.88 Å². The summed E-state index contributed by atoms with van der Waals surface area (Å²) in [6.07, 6.45) is 4.70. The lowest BCUT2D eigenvalue weighted by Crippen LogP contribution is -2.30. The molecule has 2 heterocycles. The molecule has 1 fully saturated rings.